The fourth-order valence-corrected chi connectivity index (χ4v) is 3.72. The lowest BCUT2D eigenvalue weighted by Gasteiger charge is -2.26. The molecule has 7 heteroatoms. The van der Waals surface area contributed by atoms with Gasteiger partial charge in [0.25, 0.3) is 0 Å². The van der Waals surface area contributed by atoms with Crippen LogP contribution >= 0.6 is 11.6 Å². The third-order valence-corrected chi connectivity index (χ3v) is 5.58. The van der Waals surface area contributed by atoms with Crippen LogP contribution in [-0.4, -0.2) is 42.1 Å². The standard InChI is InChI=1S/C25H21ClN2O4/c26-19-5-7-20(8-6-19)31-21-9-10-22-23(16-21)32-25(27-22)18-3-1-17(2-4-18)15-24(29)28-11-13-30-14-12-28/h1-10,16H,11-15H2. The number of carbonyl (C=O) groups excluding carboxylic acids is 1. The van der Waals surface area contributed by atoms with Crippen molar-refractivity contribution in [3.8, 4) is 23.0 Å². The summed E-state index contributed by atoms with van der Waals surface area (Å²) in [6.07, 6.45) is 0.374. The van der Waals surface area contributed by atoms with Gasteiger partial charge in [0.1, 0.15) is 17.0 Å². The topological polar surface area (TPSA) is 64.8 Å². The maximum atomic E-state index is 12.4. The molecule has 0 saturated carbocycles. The molecule has 1 fully saturated rings. The summed E-state index contributed by atoms with van der Waals surface area (Å²) in [5.41, 5.74) is 3.19. The van der Waals surface area contributed by atoms with Crippen LogP contribution in [0.15, 0.2) is 71.1 Å². The highest BCUT2D eigenvalue weighted by Crippen LogP contribution is 2.30. The van der Waals surface area contributed by atoms with Crippen LogP contribution in [-0.2, 0) is 16.0 Å². The summed E-state index contributed by atoms with van der Waals surface area (Å²) < 4.78 is 17.1. The molecule has 0 N–H and O–H groups in total. The second kappa shape index (κ2) is 9.02. The lowest BCUT2D eigenvalue weighted by Crippen LogP contribution is -2.41. The number of morpholine rings is 1. The number of halogens is 1. The fraction of sp³-hybridized carbons (Fsp3) is 0.200. The fourth-order valence-electron chi connectivity index (χ4n) is 3.59. The molecule has 4 aromatic rings. The van der Waals surface area contributed by atoms with E-state index in [9.17, 15) is 4.79 Å². The summed E-state index contributed by atoms with van der Waals surface area (Å²) in [6, 6.07) is 20.4. The van der Waals surface area contributed by atoms with E-state index in [-0.39, 0.29) is 5.91 Å². The zero-order chi connectivity index (χ0) is 21.9. The zero-order valence-electron chi connectivity index (χ0n) is 17.3. The van der Waals surface area contributed by atoms with E-state index >= 15 is 0 Å². The van der Waals surface area contributed by atoms with Crippen LogP contribution in [0.25, 0.3) is 22.6 Å². The zero-order valence-corrected chi connectivity index (χ0v) is 18.0. The Bertz CT molecular complexity index is 1230. The summed E-state index contributed by atoms with van der Waals surface area (Å²) in [5, 5.41) is 0.657. The molecule has 0 aliphatic carbocycles. The predicted molar refractivity (Wildman–Crippen MR) is 122 cm³/mol. The van der Waals surface area contributed by atoms with Gasteiger partial charge in [0.15, 0.2) is 5.58 Å². The Morgan fingerprint density at radius 3 is 2.44 bits per heavy atom. The minimum absolute atomic E-state index is 0.121. The Hall–Kier alpha value is -3.35. The number of nitrogens with zero attached hydrogens (tertiary/aromatic N) is 2. The SMILES string of the molecule is O=C(Cc1ccc(-c2nc3ccc(Oc4ccc(Cl)cc4)cc3o2)cc1)N1CCOCC1. The third-order valence-electron chi connectivity index (χ3n) is 5.33. The van der Waals surface area contributed by atoms with Crippen molar-refractivity contribution in [1.82, 2.24) is 9.88 Å². The minimum atomic E-state index is 0.121. The molecule has 6 nitrogen and oxygen atoms in total. The highest BCUT2D eigenvalue weighted by atomic mass is 35.5. The van der Waals surface area contributed by atoms with E-state index in [1.165, 1.54) is 0 Å². The highest BCUT2D eigenvalue weighted by molar-refractivity contribution is 6.30. The van der Waals surface area contributed by atoms with Gasteiger partial charge in [-0.3, -0.25) is 4.79 Å². The average molecular weight is 449 g/mol. The molecule has 0 spiro atoms. The predicted octanol–water partition coefficient (Wildman–Crippen LogP) is 5.34. The van der Waals surface area contributed by atoms with Gasteiger partial charge in [0, 0.05) is 29.7 Å². The van der Waals surface area contributed by atoms with Gasteiger partial charge in [-0.1, -0.05) is 23.7 Å². The van der Waals surface area contributed by atoms with E-state index in [0.29, 0.717) is 60.7 Å². The lowest BCUT2D eigenvalue weighted by atomic mass is 10.1. The van der Waals surface area contributed by atoms with Gasteiger partial charge in [0.2, 0.25) is 11.8 Å². The molecule has 2 heterocycles. The van der Waals surface area contributed by atoms with E-state index in [1.807, 2.05) is 59.5 Å². The summed E-state index contributed by atoms with van der Waals surface area (Å²) >= 11 is 5.92. The first-order valence-corrected chi connectivity index (χ1v) is 10.8. The van der Waals surface area contributed by atoms with Crippen LogP contribution in [0.5, 0.6) is 11.5 Å². The van der Waals surface area contributed by atoms with Crippen LogP contribution in [0.2, 0.25) is 5.02 Å². The second-order valence-electron chi connectivity index (χ2n) is 7.57. The highest BCUT2D eigenvalue weighted by Gasteiger charge is 2.17. The van der Waals surface area contributed by atoms with Gasteiger partial charge in [-0.05, 0) is 54.1 Å². The summed E-state index contributed by atoms with van der Waals surface area (Å²) in [7, 11) is 0. The van der Waals surface area contributed by atoms with Crippen molar-refractivity contribution in [2.75, 3.05) is 26.3 Å². The molecule has 0 unspecified atom stereocenters. The molecule has 5 rings (SSSR count). The molecule has 3 aromatic carbocycles. The number of amides is 1. The number of oxazole rings is 1. The van der Waals surface area contributed by atoms with Gasteiger partial charge in [-0.25, -0.2) is 4.98 Å². The first kappa shape index (κ1) is 20.5. The van der Waals surface area contributed by atoms with Crippen molar-refractivity contribution in [1.29, 1.82) is 0 Å². The van der Waals surface area contributed by atoms with Crippen molar-refractivity contribution in [3.05, 3.63) is 77.3 Å². The molecule has 1 aliphatic rings. The maximum Gasteiger partial charge on any atom is 0.227 e. The Labute approximate surface area is 190 Å². The molecule has 1 aliphatic heterocycles. The summed E-state index contributed by atoms with van der Waals surface area (Å²) in [4.78, 5) is 18.9. The summed E-state index contributed by atoms with van der Waals surface area (Å²) in [6.45, 7) is 2.52. The maximum absolute atomic E-state index is 12.4. The minimum Gasteiger partial charge on any atom is -0.457 e. The van der Waals surface area contributed by atoms with Gasteiger partial charge in [0.05, 0.1) is 19.6 Å². The molecule has 0 radical (unpaired) electrons. The van der Waals surface area contributed by atoms with E-state index < -0.39 is 0 Å². The lowest BCUT2D eigenvalue weighted by molar-refractivity contribution is -0.134. The van der Waals surface area contributed by atoms with Crippen LogP contribution in [0.4, 0.5) is 0 Å². The van der Waals surface area contributed by atoms with Gasteiger partial charge < -0.3 is 18.8 Å². The van der Waals surface area contributed by atoms with E-state index in [1.54, 1.807) is 12.1 Å². The van der Waals surface area contributed by atoms with Gasteiger partial charge in [-0.15, -0.1) is 0 Å². The smallest absolute Gasteiger partial charge is 0.227 e. The van der Waals surface area contributed by atoms with E-state index in [0.717, 1.165) is 16.6 Å². The van der Waals surface area contributed by atoms with Crippen molar-refractivity contribution >= 4 is 28.6 Å². The van der Waals surface area contributed by atoms with Crippen LogP contribution in [0, 0.1) is 0 Å². The molecule has 1 aromatic heterocycles. The first-order chi connectivity index (χ1) is 15.6. The molecule has 1 saturated heterocycles. The molecule has 32 heavy (non-hydrogen) atoms. The average Bonchev–Trinajstić information content (AvgIpc) is 3.25. The monoisotopic (exact) mass is 448 g/mol. The molecule has 162 valence electrons. The number of ether oxygens (including phenoxy) is 2. The molecule has 0 bridgehead atoms. The quantitative estimate of drug-likeness (QED) is 0.412. The van der Waals surface area contributed by atoms with E-state index in [2.05, 4.69) is 4.98 Å². The Morgan fingerprint density at radius 1 is 0.969 bits per heavy atom. The van der Waals surface area contributed by atoms with Crippen molar-refractivity contribution in [2.45, 2.75) is 6.42 Å². The molecular weight excluding hydrogens is 428 g/mol. The number of hydrogen-bond acceptors (Lipinski definition) is 5. The molecule has 0 atom stereocenters. The van der Waals surface area contributed by atoms with Crippen LogP contribution in [0.1, 0.15) is 5.56 Å². The number of carbonyl (C=O) groups is 1. The first-order valence-electron chi connectivity index (χ1n) is 10.4. The van der Waals surface area contributed by atoms with E-state index in [4.69, 9.17) is 25.5 Å². The largest absolute Gasteiger partial charge is 0.457 e. The van der Waals surface area contributed by atoms with Crippen molar-refractivity contribution < 1.29 is 18.7 Å². The Kier molecular flexibility index (Phi) is 5.79. The van der Waals surface area contributed by atoms with Gasteiger partial charge >= 0.3 is 0 Å². The van der Waals surface area contributed by atoms with Gasteiger partial charge in [-0.2, -0.15) is 0 Å². The molecular formula is C25H21ClN2O4. The van der Waals surface area contributed by atoms with Crippen LogP contribution in [0.3, 0.4) is 0 Å². The van der Waals surface area contributed by atoms with Crippen molar-refractivity contribution in [2.24, 2.45) is 0 Å². The van der Waals surface area contributed by atoms with Crippen LogP contribution < -0.4 is 4.74 Å². The molecule has 1 amide bonds. The Morgan fingerprint density at radius 2 is 1.69 bits per heavy atom. The third kappa shape index (κ3) is 4.61. The van der Waals surface area contributed by atoms with Crippen molar-refractivity contribution in [3.63, 3.8) is 0 Å². The number of aromatic nitrogens is 1. The number of rotatable bonds is 5. The number of fused-ring (bicyclic) bond motifs is 1. The second-order valence-corrected chi connectivity index (χ2v) is 8.01. The summed E-state index contributed by atoms with van der Waals surface area (Å²) in [5.74, 6) is 1.99. The normalized spacial score (nSPS) is 14.0. The number of hydrogen-bond donors (Lipinski definition) is 0. The number of benzene rings is 3. The Balaban J connectivity index is 1.29.